The molecular formula is C11H11Cl2N3O. The number of hydrogen-bond acceptors (Lipinski definition) is 3. The standard InChI is InChI=1S/C11H11Cl2N3O/c1-16-10(14-6-15-16)5-9(17)7-3-2-4-8(12)11(7)13/h2-4,6,9,17H,5H2,1H3. The first-order valence-electron chi connectivity index (χ1n) is 5.04. The molecule has 4 nitrogen and oxygen atoms in total. The molecule has 0 aliphatic rings. The highest BCUT2D eigenvalue weighted by Crippen LogP contribution is 2.30. The minimum absolute atomic E-state index is 0.344. The molecule has 1 unspecified atom stereocenters. The smallest absolute Gasteiger partial charge is 0.138 e. The molecule has 1 N–H and O–H groups in total. The molecule has 90 valence electrons. The van der Waals surface area contributed by atoms with E-state index in [1.165, 1.54) is 6.33 Å². The van der Waals surface area contributed by atoms with Crippen LogP contribution in [0.4, 0.5) is 0 Å². The largest absolute Gasteiger partial charge is 0.388 e. The van der Waals surface area contributed by atoms with E-state index in [1.54, 1.807) is 29.9 Å². The van der Waals surface area contributed by atoms with E-state index in [1.807, 2.05) is 0 Å². The Hall–Kier alpha value is -1.10. The van der Waals surface area contributed by atoms with E-state index in [4.69, 9.17) is 23.2 Å². The molecule has 2 aromatic rings. The van der Waals surface area contributed by atoms with E-state index in [0.29, 0.717) is 27.9 Å². The Bertz CT molecular complexity index is 527. The summed E-state index contributed by atoms with van der Waals surface area (Å²) in [6, 6.07) is 5.18. The van der Waals surface area contributed by atoms with Crippen molar-refractivity contribution >= 4 is 23.2 Å². The van der Waals surface area contributed by atoms with E-state index >= 15 is 0 Å². The summed E-state index contributed by atoms with van der Waals surface area (Å²) in [5.74, 6) is 0.688. The average molecular weight is 272 g/mol. The molecular weight excluding hydrogens is 261 g/mol. The second-order valence-corrected chi connectivity index (χ2v) is 4.45. The van der Waals surface area contributed by atoms with Crippen LogP contribution in [-0.4, -0.2) is 19.9 Å². The van der Waals surface area contributed by atoms with Gasteiger partial charge in [0.05, 0.1) is 16.1 Å². The van der Waals surface area contributed by atoms with Crippen LogP contribution in [-0.2, 0) is 13.5 Å². The van der Waals surface area contributed by atoms with Gasteiger partial charge in [-0.05, 0) is 6.07 Å². The van der Waals surface area contributed by atoms with Gasteiger partial charge in [-0.25, -0.2) is 4.98 Å². The molecule has 0 saturated carbocycles. The summed E-state index contributed by atoms with van der Waals surface area (Å²) in [4.78, 5) is 4.05. The molecule has 1 aromatic carbocycles. The molecule has 0 saturated heterocycles. The maximum Gasteiger partial charge on any atom is 0.138 e. The van der Waals surface area contributed by atoms with Gasteiger partial charge in [0.25, 0.3) is 0 Å². The van der Waals surface area contributed by atoms with E-state index in [0.717, 1.165) is 0 Å². The Kier molecular flexibility index (Phi) is 3.66. The fraction of sp³-hybridized carbons (Fsp3) is 0.273. The zero-order valence-corrected chi connectivity index (χ0v) is 10.7. The van der Waals surface area contributed by atoms with E-state index in [2.05, 4.69) is 10.1 Å². The molecule has 0 fully saturated rings. The number of aliphatic hydroxyl groups excluding tert-OH is 1. The van der Waals surface area contributed by atoms with Gasteiger partial charge in [-0.15, -0.1) is 0 Å². The molecule has 0 spiro atoms. The highest BCUT2D eigenvalue weighted by Gasteiger charge is 2.16. The van der Waals surface area contributed by atoms with Crippen molar-refractivity contribution < 1.29 is 5.11 Å². The number of rotatable bonds is 3. The SMILES string of the molecule is Cn1ncnc1CC(O)c1cccc(Cl)c1Cl. The quantitative estimate of drug-likeness (QED) is 0.933. The molecule has 1 atom stereocenters. The first-order valence-corrected chi connectivity index (χ1v) is 5.80. The van der Waals surface area contributed by atoms with E-state index < -0.39 is 6.10 Å². The van der Waals surface area contributed by atoms with Crippen LogP contribution in [0, 0.1) is 0 Å². The third kappa shape index (κ3) is 2.60. The Labute approximate surface area is 109 Å². The molecule has 6 heteroatoms. The minimum atomic E-state index is -0.746. The van der Waals surface area contributed by atoms with Crippen molar-refractivity contribution in [1.82, 2.24) is 14.8 Å². The lowest BCUT2D eigenvalue weighted by Crippen LogP contribution is -2.08. The van der Waals surface area contributed by atoms with Gasteiger partial charge in [0.15, 0.2) is 0 Å². The Morgan fingerprint density at radius 2 is 2.18 bits per heavy atom. The van der Waals surface area contributed by atoms with Crippen LogP contribution in [0.5, 0.6) is 0 Å². The van der Waals surface area contributed by atoms with Gasteiger partial charge < -0.3 is 5.11 Å². The number of nitrogens with zero attached hydrogens (tertiary/aromatic N) is 3. The molecule has 0 amide bonds. The lowest BCUT2D eigenvalue weighted by Gasteiger charge is -2.12. The number of aliphatic hydroxyl groups is 1. The Morgan fingerprint density at radius 3 is 2.82 bits per heavy atom. The number of benzene rings is 1. The third-order valence-corrected chi connectivity index (χ3v) is 3.36. The Morgan fingerprint density at radius 1 is 1.41 bits per heavy atom. The normalized spacial score (nSPS) is 12.7. The maximum atomic E-state index is 10.1. The average Bonchev–Trinajstić information content (AvgIpc) is 2.68. The second-order valence-electron chi connectivity index (χ2n) is 3.66. The molecule has 1 aromatic heterocycles. The fourth-order valence-electron chi connectivity index (χ4n) is 1.57. The molecule has 1 heterocycles. The predicted octanol–water partition coefficient (Wildman–Crippen LogP) is 2.40. The van der Waals surface area contributed by atoms with Crippen molar-refractivity contribution in [3.8, 4) is 0 Å². The third-order valence-electron chi connectivity index (χ3n) is 2.52. The molecule has 17 heavy (non-hydrogen) atoms. The summed E-state index contributed by atoms with van der Waals surface area (Å²) in [7, 11) is 1.77. The summed E-state index contributed by atoms with van der Waals surface area (Å²) in [6.07, 6.45) is 1.04. The zero-order valence-electron chi connectivity index (χ0n) is 9.14. The summed E-state index contributed by atoms with van der Waals surface area (Å²) < 4.78 is 1.61. The predicted molar refractivity (Wildman–Crippen MR) is 66.1 cm³/mol. The molecule has 0 aliphatic heterocycles. The minimum Gasteiger partial charge on any atom is -0.388 e. The fourth-order valence-corrected chi connectivity index (χ4v) is 2.00. The van der Waals surface area contributed by atoms with Crippen LogP contribution in [0.25, 0.3) is 0 Å². The van der Waals surface area contributed by atoms with Crippen molar-refractivity contribution in [2.24, 2.45) is 7.05 Å². The maximum absolute atomic E-state index is 10.1. The van der Waals surface area contributed by atoms with Gasteiger partial charge in [-0.2, -0.15) is 5.10 Å². The van der Waals surface area contributed by atoms with Crippen LogP contribution in [0.15, 0.2) is 24.5 Å². The first kappa shape index (κ1) is 12.4. The second kappa shape index (κ2) is 5.04. The summed E-state index contributed by atoms with van der Waals surface area (Å²) in [6.45, 7) is 0. The molecule has 2 rings (SSSR count). The van der Waals surface area contributed by atoms with E-state index in [9.17, 15) is 5.11 Å². The van der Waals surface area contributed by atoms with Crippen LogP contribution < -0.4 is 0 Å². The van der Waals surface area contributed by atoms with Crippen LogP contribution >= 0.6 is 23.2 Å². The molecule has 0 bridgehead atoms. The highest BCUT2D eigenvalue weighted by atomic mass is 35.5. The van der Waals surface area contributed by atoms with Gasteiger partial charge >= 0.3 is 0 Å². The molecule has 0 aliphatic carbocycles. The number of aryl methyl sites for hydroxylation is 1. The van der Waals surface area contributed by atoms with Crippen LogP contribution in [0.1, 0.15) is 17.5 Å². The van der Waals surface area contributed by atoms with Crippen molar-refractivity contribution in [2.75, 3.05) is 0 Å². The Balaban J connectivity index is 2.23. The van der Waals surface area contributed by atoms with Crippen molar-refractivity contribution in [3.63, 3.8) is 0 Å². The lowest BCUT2D eigenvalue weighted by molar-refractivity contribution is 0.174. The summed E-state index contributed by atoms with van der Waals surface area (Å²) in [5.41, 5.74) is 0.599. The van der Waals surface area contributed by atoms with Crippen LogP contribution in [0.2, 0.25) is 10.0 Å². The molecule has 0 radical (unpaired) electrons. The van der Waals surface area contributed by atoms with Crippen molar-refractivity contribution in [3.05, 3.63) is 46.0 Å². The van der Waals surface area contributed by atoms with Crippen LogP contribution in [0.3, 0.4) is 0 Å². The lowest BCUT2D eigenvalue weighted by atomic mass is 10.1. The van der Waals surface area contributed by atoms with Gasteiger partial charge in [0.1, 0.15) is 12.2 Å². The zero-order chi connectivity index (χ0) is 12.4. The highest BCUT2D eigenvalue weighted by molar-refractivity contribution is 6.42. The number of halogens is 2. The number of aromatic nitrogens is 3. The van der Waals surface area contributed by atoms with Crippen molar-refractivity contribution in [2.45, 2.75) is 12.5 Å². The topological polar surface area (TPSA) is 50.9 Å². The monoisotopic (exact) mass is 271 g/mol. The van der Waals surface area contributed by atoms with Gasteiger partial charge in [-0.1, -0.05) is 35.3 Å². The first-order chi connectivity index (χ1) is 8.09. The van der Waals surface area contributed by atoms with Crippen molar-refractivity contribution in [1.29, 1.82) is 0 Å². The summed E-state index contributed by atoms with van der Waals surface area (Å²) in [5, 5.41) is 14.8. The van der Waals surface area contributed by atoms with Gasteiger partial charge in [0.2, 0.25) is 0 Å². The van der Waals surface area contributed by atoms with E-state index in [-0.39, 0.29) is 0 Å². The number of hydrogen-bond donors (Lipinski definition) is 1. The summed E-state index contributed by atoms with van der Waals surface area (Å²) >= 11 is 11.9. The van der Waals surface area contributed by atoms with Gasteiger partial charge in [0, 0.05) is 19.0 Å². The van der Waals surface area contributed by atoms with Gasteiger partial charge in [-0.3, -0.25) is 4.68 Å².